The monoisotopic (exact) mass is 342 g/mol. The molecular weight excluding hydrogens is 320 g/mol. The number of methoxy groups -OCH3 is 1. The van der Waals surface area contributed by atoms with Crippen molar-refractivity contribution in [2.75, 3.05) is 46.6 Å². The van der Waals surface area contributed by atoms with Crippen LogP contribution in [0.2, 0.25) is 0 Å². The summed E-state index contributed by atoms with van der Waals surface area (Å²) in [5.74, 6) is -0.275. The molecule has 0 radical (unpaired) electrons. The Kier molecular flexibility index (Phi) is 6.52. The van der Waals surface area contributed by atoms with Crippen molar-refractivity contribution in [1.29, 1.82) is 0 Å². The quantitative estimate of drug-likeness (QED) is 0.717. The highest BCUT2D eigenvalue weighted by Gasteiger charge is 2.24. The highest BCUT2D eigenvalue weighted by Crippen LogP contribution is 2.13. The highest BCUT2D eigenvalue weighted by atomic mass is 32.2. The lowest BCUT2D eigenvalue weighted by molar-refractivity contribution is 0.0729. The third-order valence-electron chi connectivity index (χ3n) is 3.52. The fourth-order valence-electron chi connectivity index (χ4n) is 2.25. The van der Waals surface area contributed by atoms with E-state index >= 15 is 0 Å². The Hall–Kier alpha value is -1.48. The summed E-state index contributed by atoms with van der Waals surface area (Å²) in [6.45, 7) is 2.52. The lowest BCUT2D eigenvalue weighted by Gasteiger charge is -2.26. The maximum atomic E-state index is 12.3. The Morgan fingerprint density at radius 2 is 1.91 bits per heavy atom. The molecule has 1 saturated heterocycles. The summed E-state index contributed by atoms with van der Waals surface area (Å²) in [5.41, 5.74) is 1.15. The number of ether oxygens (including phenoxy) is 2. The molecule has 1 aromatic carbocycles. The Morgan fingerprint density at radius 3 is 2.52 bits per heavy atom. The second kappa shape index (κ2) is 8.39. The summed E-state index contributed by atoms with van der Waals surface area (Å²) in [7, 11) is -1.79. The molecule has 1 aliphatic rings. The lowest BCUT2D eigenvalue weighted by Crippen LogP contribution is -2.41. The van der Waals surface area contributed by atoms with E-state index in [9.17, 15) is 13.2 Å². The number of hydrogen-bond acceptors (Lipinski definition) is 5. The van der Waals surface area contributed by atoms with Crippen LogP contribution < -0.4 is 5.32 Å². The zero-order valence-corrected chi connectivity index (χ0v) is 14.0. The van der Waals surface area contributed by atoms with Crippen molar-refractivity contribution >= 4 is 15.9 Å². The standard InChI is InChI=1S/C15H22N2O5S/c1-21-9-6-16-15(18)14-4-2-13(3-5-14)12-23(19,20)17-7-10-22-11-8-17/h2-5H,6-12H2,1H3,(H,16,18). The molecule has 0 unspecified atom stereocenters. The molecule has 8 heteroatoms. The zero-order valence-electron chi connectivity index (χ0n) is 13.2. The van der Waals surface area contributed by atoms with Gasteiger partial charge in [-0.25, -0.2) is 8.42 Å². The number of carbonyl (C=O) groups is 1. The molecular formula is C15H22N2O5S. The van der Waals surface area contributed by atoms with E-state index in [-0.39, 0.29) is 11.7 Å². The van der Waals surface area contributed by atoms with Gasteiger partial charge < -0.3 is 14.8 Å². The molecule has 23 heavy (non-hydrogen) atoms. The van der Waals surface area contributed by atoms with Crippen LogP contribution in [0, 0.1) is 0 Å². The van der Waals surface area contributed by atoms with Crippen LogP contribution in [0.5, 0.6) is 0 Å². The Morgan fingerprint density at radius 1 is 1.26 bits per heavy atom. The van der Waals surface area contributed by atoms with Crippen molar-refractivity contribution in [2.24, 2.45) is 0 Å². The van der Waals surface area contributed by atoms with Crippen molar-refractivity contribution in [3.05, 3.63) is 35.4 Å². The SMILES string of the molecule is COCCNC(=O)c1ccc(CS(=O)(=O)N2CCOCC2)cc1. The molecule has 1 amide bonds. The maximum Gasteiger partial charge on any atom is 0.251 e. The molecule has 2 rings (SSSR count). The van der Waals surface area contributed by atoms with Crippen LogP contribution in [0.25, 0.3) is 0 Å². The number of nitrogens with one attached hydrogen (secondary N) is 1. The molecule has 0 aliphatic carbocycles. The summed E-state index contributed by atoms with van der Waals surface area (Å²) >= 11 is 0. The Labute approximate surface area is 136 Å². The summed E-state index contributed by atoms with van der Waals surface area (Å²) in [6.07, 6.45) is 0. The highest BCUT2D eigenvalue weighted by molar-refractivity contribution is 7.88. The van der Waals surface area contributed by atoms with Gasteiger partial charge in [0.15, 0.2) is 0 Å². The molecule has 0 atom stereocenters. The van der Waals surface area contributed by atoms with E-state index in [0.29, 0.717) is 50.6 Å². The van der Waals surface area contributed by atoms with Gasteiger partial charge in [-0.05, 0) is 17.7 Å². The number of benzene rings is 1. The number of morpholine rings is 1. The van der Waals surface area contributed by atoms with Crippen LogP contribution in [-0.2, 0) is 25.2 Å². The van der Waals surface area contributed by atoms with Crippen molar-refractivity contribution in [2.45, 2.75) is 5.75 Å². The van der Waals surface area contributed by atoms with Crippen LogP contribution in [0.3, 0.4) is 0 Å². The summed E-state index contributed by atoms with van der Waals surface area (Å²) < 4.78 is 36.1. The van der Waals surface area contributed by atoms with Crippen LogP contribution in [0.15, 0.2) is 24.3 Å². The van der Waals surface area contributed by atoms with Gasteiger partial charge in [0.2, 0.25) is 10.0 Å². The number of nitrogens with zero attached hydrogens (tertiary/aromatic N) is 1. The normalized spacial score (nSPS) is 16.2. The molecule has 1 fully saturated rings. The molecule has 0 aromatic heterocycles. The second-order valence-electron chi connectivity index (χ2n) is 5.21. The Bertz CT molecular complexity index is 609. The van der Waals surface area contributed by atoms with Gasteiger partial charge in [0, 0.05) is 32.3 Å². The number of hydrogen-bond donors (Lipinski definition) is 1. The predicted molar refractivity (Wildman–Crippen MR) is 85.7 cm³/mol. The molecule has 0 bridgehead atoms. The molecule has 1 aliphatic heterocycles. The number of amides is 1. The minimum atomic E-state index is -3.35. The third-order valence-corrected chi connectivity index (χ3v) is 5.37. The van der Waals surface area contributed by atoms with E-state index in [1.807, 2.05) is 0 Å². The van der Waals surface area contributed by atoms with Gasteiger partial charge in [-0.1, -0.05) is 12.1 Å². The first-order valence-corrected chi connectivity index (χ1v) is 9.05. The molecule has 1 N–H and O–H groups in total. The van der Waals surface area contributed by atoms with Gasteiger partial charge in [-0.15, -0.1) is 0 Å². The smallest absolute Gasteiger partial charge is 0.251 e. The molecule has 7 nitrogen and oxygen atoms in total. The van der Waals surface area contributed by atoms with Gasteiger partial charge in [0.05, 0.1) is 25.6 Å². The average molecular weight is 342 g/mol. The first kappa shape index (κ1) is 17.9. The predicted octanol–water partition coefficient (Wildman–Crippen LogP) is 0.225. The van der Waals surface area contributed by atoms with E-state index in [2.05, 4.69) is 5.32 Å². The van der Waals surface area contributed by atoms with E-state index in [4.69, 9.17) is 9.47 Å². The maximum absolute atomic E-state index is 12.3. The van der Waals surface area contributed by atoms with Crippen molar-refractivity contribution in [1.82, 2.24) is 9.62 Å². The van der Waals surface area contributed by atoms with Crippen LogP contribution in [0.1, 0.15) is 15.9 Å². The van der Waals surface area contributed by atoms with Gasteiger partial charge in [-0.2, -0.15) is 4.31 Å². The van der Waals surface area contributed by atoms with E-state index < -0.39 is 10.0 Å². The molecule has 0 spiro atoms. The van der Waals surface area contributed by atoms with Crippen molar-refractivity contribution in [3.63, 3.8) is 0 Å². The Balaban J connectivity index is 1.95. The van der Waals surface area contributed by atoms with Crippen molar-refractivity contribution < 1.29 is 22.7 Å². The van der Waals surface area contributed by atoms with Crippen LogP contribution in [-0.4, -0.2) is 65.2 Å². The largest absolute Gasteiger partial charge is 0.383 e. The van der Waals surface area contributed by atoms with E-state index in [0.717, 1.165) is 0 Å². The van der Waals surface area contributed by atoms with Gasteiger partial charge in [-0.3, -0.25) is 4.79 Å². The summed E-state index contributed by atoms with van der Waals surface area (Å²) in [6, 6.07) is 6.60. The number of rotatable bonds is 7. The minimum absolute atomic E-state index is 0.0709. The van der Waals surface area contributed by atoms with E-state index in [1.54, 1.807) is 31.4 Å². The lowest BCUT2D eigenvalue weighted by atomic mass is 10.1. The number of sulfonamides is 1. The van der Waals surface area contributed by atoms with Gasteiger partial charge in [0.1, 0.15) is 0 Å². The third kappa shape index (κ3) is 5.28. The molecule has 1 aromatic rings. The fourth-order valence-corrected chi connectivity index (χ4v) is 3.75. The van der Waals surface area contributed by atoms with Crippen LogP contribution >= 0.6 is 0 Å². The molecule has 128 valence electrons. The second-order valence-corrected chi connectivity index (χ2v) is 7.18. The van der Waals surface area contributed by atoms with Crippen LogP contribution in [0.4, 0.5) is 0 Å². The summed E-state index contributed by atoms with van der Waals surface area (Å²) in [4.78, 5) is 11.9. The van der Waals surface area contributed by atoms with Gasteiger partial charge >= 0.3 is 0 Å². The first-order chi connectivity index (χ1) is 11.0. The molecule has 0 saturated carbocycles. The topological polar surface area (TPSA) is 84.9 Å². The first-order valence-electron chi connectivity index (χ1n) is 7.44. The molecule has 1 heterocycles. The van der Waals surface area contributed by atoms with Gasteiger partial charge in [0.25, 0.3) is 5.91 Å². The summed E-state index contributed by atoms with van der Waals surface area (Å²) in [5, 5.41) is 2.71. The van der Waals surface area contributed by atoms with E-state index in [1.165, 1.54) is 4.31 Å². The zero-order chi connectivity index (χ0) is 16.7. The minimum Gasteiger partial charge on any atom is -0.383 e. The number of carbonyl (C=O) groups excluding carboxylic acids is 1. The average Bonchev–Trinajstić information content (AvgIpc) is 2.56. The fraction of sp³-hybridized carbons (Fsp3) is 0.533. The van der Waals surface area contributed by atoms with Crippen molar-refractivity contribution in [3.8, 4) is 0 Å².